The molecule has 0 aliphatic carbocycles. The second kappa shape index (κ2) is 7.11. The predicted octanol–water partition coefficient (Wildman–Crippen LogP) is 0.435. The summed E-state index contributed by atoms with van der Waals surface area (Å²) < 4.78 is 1.76. The lowest BCUT2D eigenvalue weighted by atomic mass is 10.0. The van der Waals surface area contributed by atoms with Crippen LogP contribution >= 0.6 is 0 Å². The molecule has 1 fully saturated rings. The van der Waals surface area contributed by atoms with Gasteiger partial charge in [-0.25, -0.2) is 4.79 Å². The standard InChI is InChI=1S/C15H27N5O2/c1-11-5-6-20(14(11)10-21)15(22)16-8-13(18(2)3)12-7-17-19(4)9-12/h7,9,11,13-14,21H,5-6,8,10H2,1-4H3,(H,16,22)/t11-,13+,14+/m1/s1. The van der Waals surface area contributed by atoms with Crippen LogP contribution in [0.3, 0.4) is 0 Å². The number of amides is 2. The molecule has 0 aromatic carbocycles. The van der Waals surface area contributed by atoms with Gasteiger partial charge in [0, 0.05) is 31.9 Å². The van der Waals surface area contributed by atoms with Crippen molar-refractivity contribution in [2.24, 2.45) is 13.0 Å². The summed E-state index contributed by atoms with van der Waals surface area (Å²) in [5.74, 6) is 0.346. The number of carbonyl (C=O) groups is 1. The van der Waals surface area contributed by atoms with E-state index in [9.17, 15) is 9.90 Å². The third-order valence-corrected chi connectivity index (χ3v) is 4.51. The van der Waals surface area contributed by atoms with Crippen molar-refractivity contribution in [3.63, 3.8) is 0 Å². The number of aryl methyl sites for hydroxylation is 1. The molecule has 124 valence electrons. The molecule has 2 amide bonds. The first-order valence-electron chi connectivity index (χ1n) is 7.74. The average Bonchev–Trinajstić information content (AvgIpc) is 3.04. The number of hydrogen-bond acceptors (Lipinski definition) is 4. The van der Waals surface area contributed by atoms with Crippen molar-refractivity contribution in [1.29, 1.82) is 0 Å². The first kappa shape index (κ1) is 16.8. The van der Waals surface area contributed by atoms with E-state index in [0.29, 0.717) is 19.0 Å². The minimum absolute atomic E-state index is 0.0221. The Morgan fingerprint density at radius 2 is 2.32 bits per heavy atom. The summed E-state index contributed by atoms with van der Waals surface area (Å²) in [6.07, 6.45) is 4.73. The van der Waals surface area contributed by atoms with Crippen LogP contribution in [0.4, 0.5) is 4.79 Å². The first-order valence-corrected chi connectivity index (χ1v) is 7.74. The molecule has 0 saturated carbocycles. The van der Waals surface area contributed by atoms with Gasteiger partial charge in [-0.2, -0.15) is 5.10 Å². The van der Waals surface area contributed by atoms with Crippen LogP contribution in [0.15, 0.2) is 12.4 Å². The van der Waals surface area contributed by atoms with E-state index in [2.05, 4.69) is 22.2 Å². The van der Waals surface area contributed by atoms with E-state index in [1.807, 2.05) is 33.5 Å². The average molecular weight is 309 g/mol. The van der Waals surface area contributed by atoms with Crippen LogP contribution in [0.2, 0.25) is 0 Å². The van der Waals surface area contributed by atoms with Gasteiger partial charge in [-0.05, 0) is 26.4 Å². The van der Waals surface area contributed by atoms with Crippen LogP contribution in [0.1, 0.15) is 24.9 Å². The molecule has 0 unspecified atom stereocenters. The number of aliphatic hydroxyl groups excluding tert-OH is 1. The Kier molecular flexibility index (Phi) is 5.42. The number of nitrogens with zero attached hydrogens (tertiary/aromatic N) is 4. The molecule has 0 radical (unpaired) electrons. The second-order valence-corrected chi connectivity index (χ2v) is 6.32. The van der Waals surface area contributed by atoms with Crippen LogP contribution in [0, 0.1) is 5.92 Å². The first-order chi connectivity index (χ1) is 10.4. The minimum atomic E-state index is -0.0980. The molecule has 1 aliphatic rings. The van der Waals surface area contributed by atoms with Crippen molar-refractivity contribution >= 4 is 6.03 Å². The Balaban J connectivity index is 1.96. The van der Waals surface area contributed by atoms with E-state index < -0.39 is 0 Å². The smallest absolute Gasteiger partial charge is 0.317 e. The van der Waals surface area contributed by atoms with Gasteiger partial charge in [-0.3, -0.25) is 4.68 Å². The Morgan fingerprint density at radius 1 is 1.59 bits per heavy atom. The molecule has 1 aromatic heterocycles. The van der Waals surface area contributed by atoms with Gasteiger partial charge < -0.3 is 20.2 Å². The summed E-state index contributed by atoms with van der Waals surface area (Å²) in [7, 11) is 5.85. The maximum Gasteiger partial charge on any atom is 0.317 e. The minimum Gasteiger partial charge on any atom is -0.394 e. The number of rotatable bonds is 5. The third-order valence-electron chi connectivity index (χ3n) is 4.51. The lowest BCUT2D eigenvalue weighted by Gasteiger charge is -2.28. The Labute approximate surface area is 131 Å². The maximum absolute atomic E-state index is 12.4. The molecule has 1 aliphatic heterocycles. The highest BCUT2D eigenvalue weighted by molar-refractivity contribution is 5.75. The maximum atomic E-state index is 12.4. The zero-order valence-electron chi connectivity index (χ0n) is 13.9. The number of urea groups is 1. The Morgan fingerprint density at radius 3 is 2.86 bits per heavy atom. The zero-order chi connectivity index (χ0) is 16.3. The zero-order valence-corrected chi connectivity index (χ0v) is 13.9. The molecular weight excluding hydrogens is 282 g/mol. The largest absolute Gasteiger partial charge is 0.394 e. The molecule has 22 heavy (non-hydrogen) atoms. The van der Waals surface area contributed by atoms with Crippen LogP contribution < -0.4 is 5.32 Å². The van der Waals surface area contributed by atoms with Crippen molar-refractivity contribution in [3.05, 3.63) is 18.0 Å². The molecule has 0 bridgehead atoms. The molecule has 7 nitrogen and oxygen atoms in total. The van der Waals surface area contributed by atoms with E-state index in [1.54, 1.807) is 9.58 Å². The molecule has 2 N–H and O–H groups in total. The summed E-state index contributed by atoms with van der Waals surface area (Å²) in [5.41, 5.74) is 1.07. The van der Waals surface area contributed by atoms with E-state index in [1.165, 1.54) is 0 Å². The van der Waals surface area contributed by atoms with Crippen molar-refractivity contribution in [3.8, 4) is 0 Å². The summed E-state index contributed by atoms with van der Waals surface area (Å²) in [6, 6.07) is -0.0967. The number of likely N-dealkylation sites (N-methyl/N-ethyl adjacent to an activating group) is 1. The number of nitrogens with one attached hydrogen (secondary N) is 1. The number of aliphatic hydroxyl groups is 1. The fraction of sp³-hybridized carbons (Fsp3) is 0.733. The lowest BCUT2D eigenvalue weighted by molar-refractivity contribution is 0.142. The van der Waals surface area contributed by atoms with Gasteiger partial charge in [0.1, 0.15) is 0 Å². The molecule has 3 atom stereocenters. The van der Waals surface area contributed by atoms with Crippen molar-refractivity contribution in [2.45, 2.75) is 25.4 Å². The predicted molar refractivity (Wildman–Crippen MR) is 84.4 cm³/mol. The normalized spacial score (nSPS) is 23.1. The molecule has 2 heterocycles. The quantitative estimate of drug-likeness (QED) is 0.827. The molecule has 2 rings (SSSR count). The molecule has 7 heteroatoms. The van der Waals surface area contributed by atoms with Gasteiger partial charge in [-0.15, -0.1) is 0 Å². The van der Waals surface area contributed by atoms with Crippen LogP contribution in [0.5, 0.6) is 0 Å². The number of aromatic nitrogens is 2. The molecule has 0 spiro atoms. The van der Waals surface area contributed by atoms with E-state index >= 15 is 0 Å². The number of carbonyl (C=O) groups excluding carboxylic acids is 1. The van der Waals surface area contributed by atoms with Crippen LogP contribution in [-0.2, 0) is 7.05 Å². The van der Waals surface area contributed by atoms with Gasteiger partial charge in [0.25, 0.3) is 0 Å². The highest BCUT2D eigenvalue weighted by Gasteiger charge is 2.34. The van der Waals surface area contributed by atoms with Crippen LogP contribution in [0.25, 0.3) is 0 Å². The number of likely N-dealkylation sites (tertiary alicyclic amines) is 1. The monoisotopic (exact) mass is 309 g/mol. The van der Waals surface area contributed by atoms with Crippen molar-refractivity contribution in [2.75, 3.05) is 33.8 Å². The molecule has 1 aromatic rings. The fourth-order valence-electron chi connectivity index (χ4n) is 3.04. The van der Waals surface area contributed by atoms with Crippen molar-refractivity contribution < 1.29 is 9.90 Å². The van der Waals surface area contributed by atoms with Gasteiger partial charge in [0.05, 0.1) is 24.9 Å². The highest BCUT2D eigenvalue weighted by atomic mass is 16.3. The highest BCUT2D eigenvalue weighted by Crippen LogP contribution is 2.23. The summed E-state index contributed by atoms with van der Waals surface area (Å²) >= 11 is 0. The summed E-state index contributed by atoms with van der Waals surface area (Å²) in [5, 5.41) is 16.7. The Hall–Kier alpha value is -1.60. The van der Waals surface area contributed by atoms with E-state index in [4.69, 9.17) is 0 Å². The number of hydrogen-bond donors (Lipinski definition) is 2. The third kappa shape index (κ3) is 3.59. The van der Waals surface area contributed by atoms with Gasteiger partial charge in [-0.1, -0.05) is 6.92 Å². The van der Waals surface area contributed by atoms with Crippen LogP contribution in [-0.4, -0.2) is 70.6 Å². The Bertz CT molecular complexity index is 502. The SMILES string of the molecule is C[C@@H]1CCN(C(=O)NC[C@@H](c2cnn(C)c2)N(C)C)[C@H]1CO. The van der Waals surface area contributed by atoms with E-state index in [-0.39, 0.29) is 24.7 Å². The summed E-state index contributed by atoms with van der Waals surface area (Å²) in [6.45, 7) is 3.32. The fourth-order valence-corrected chi connectivity index (χ4v) is 3.04. The van der Waals surface area contributed by atoms with Gasteiger partial charge >= 0.3 is 6.03 Å². The molecule has 1 saturated heterocycles. The molecular formula is C15H27N5O2. The summed E-state index contributed by atoms with van der Waals surface area (Å²) in [4.78, 5) is 16.2. The topological polar surface area (TPSA) is 73.6 Å². The second-order valence-electron chi connectivity index (χ2n) is 6.32. The van der Waals surface area contributed by atoms with E-state index in [0.717, 1.165) is 12.0 Å². The lowest BCUT2D eigenvalue weighted by Crippen LogP contribution is -2.47. The van der Waals surface area contributed by atoms with Gasteiger partial charge in [0.2, 0.25) is 0 Å². The van der Waals surface area contributed by atoms with Crippen molar-refractivity contribution in [1.82, 2.24) is 24.9 Å². The van der Waals surface area contributed by atoms with Gasteiger partial charge in [0.15, 0.2) is 0 Å².